The van der Waals surface area contributed by atoms with Gasteiger partial charge in [0.2, 0.25) is 0 Å². The molecule has 2 aliphatic rings. The van der Waals surface area contributed by atoms with Crippen LogP contribution < -0.4 is 10.1 Å². The normalized spacial score (nSPS) is 27.1. The Hall–Kier alpha value is -2.12. The first-order valence-electron chi connectivity index (χ1n) is 7.21. The zero-order valence-electron chi connectivity index (χ0n) is 12.2. The van der Waals surface area contributed by atoms with Crippen LogP contribution in [0.15, 0.2) is 18.2 Å². The maximum absolute atomic E-state index is 12.7. The molecule has 7 nitrogen and oxygen atoms in total. The van der Waals surface area contributed by atoms with Gasteiger partial charge in [0, 0.05) is 6.54 Å². The Balaban J connectivity index is 1.94. The van der Waals surface area contributed by atoms with Gasteiger partial charge in [-0.2, -0.15) is 0 Å². The van der Waals surface area contributed by atoms with Gasteiger partial charge in [0.1, 0.15) is 0 Å². The third-order valence-corrected chi connectivity index (χ3v) is 4.03. The van der Waals surface area contributed by atoms with E-state index in [1.54, 1.807) is 25.1 Å². The molecule has 2 heterocycles. The third kappa shape index (κ3) is 2.42. The van der Waals surface area contributed by atoms with Gasteiger partial charge in [0.25, 0.3) is 11.8 Å². The predicted octanol–water partition coefficient (Wildman–Crippen LogP) is -0.0263. The molecule has 3 N–H and O–H groups in total. The van der Waals surface area contributed by atoms with E-state index >= 15 is 0 Å². The molecule has 1 unspecified atom stereocenters. The number of ether oxygens (including phenoxy) is 1. The summed E-state index contributed by atoms with van der Waals surface area (Å²) in [6.45, 7) is 1.58. The van der Waals surface area contributed by atoms with Gasteiger partial charge in [-0.05, 0) is 25.5 Å². The van der Waals surface area contributed by atoms with Crippen LogP contribution in [-0.2, 0) is 4.79 Å². The molecule has 1 aromatic rings. The van der Waals surface area contributed by atoms with E-state index in [2.05, 4.69) is 5.32 Å². The van der Waals surface area contributed by atoms with E-state index in [1.165, 1.54) is 4.90 Å². The molecule has 0 bridgehead atoms. The largest absolute Gasteiger partial charge is 0.478 e. The molecule has 0 radical (unpaired) electrons. The number of aliphatic hydroxyl groups is 2. The Morgan fingerprint density at radius 1 is 1.50 bits per heavy atom. The Morgan fingerprint density at radius 3 is 3.00 bits per heavy atom. The summed E-state index contributed by atoms with van der Waals surface area (Å²) in [5.41, 5.74) is 0.770. The zero-order valence-corrected chi connectivity index (χ0v) is 12.2. The summed E-state index contributed by atoms with van der Waals surface area (Å²) >= 11 is 0. The number of hydrogen-bond acceptors (Lipinski definition) is 5. The van der Waals surface area contributed by atoms with Crippen molar-refractivity contribution in [1.82, 2.24) is 4.90 Å². The van der Waals surface area contributed by atoms with E-state index in [4.69, 9.17) is 4.74 Å². The van der Waals surface area contributed by atoms with Crippen LogP contribution in [0.5, 0.6) is 5.75 Å². The van der Waals surface area contributed by atoms with Crippen LogP contribution in [0.25, 0.3) is 0 Å². The molecule has 3 rings (SSSR count). The number of aliphatic hydroxyl groups excluding tert-OH is 2. The van der Waals surface area contributed by atoms with E-state index < -0.39 is 18.2 Å². The van der Waals surface area contributed by atoms with Crippen LogP contribution in [0.4, 0.5) is 5.69 Å². The van der Waals surface area contributed by atoms with Crippen LogP contribution in [0.1, 0.15) is 23.7 Å². The standard InChI is InChI=1S/C15H18N2O5/c1-8-14(20)16-12-4-2-3-11(13(12)22-8)15(21)17-6-10(19)5-9(17)7-18/h2-4,8-10,18-19H,5-7H2,1H3,(H,16,20)/t8?,9-,10+/m0/s1. The Morgan fingerprint density at radius 2 is 2.27 bits per heavy atom. The van der Waals surface area contributed by atoms with Crippen molar-refractivity contribution in [2.45, 2.75) is 31.6 Å². The van der Waals surface area contributed by atoms with Crippen LogP contribution in [-0.4, -0.2) is 58.3 Å². The van der Waals surface area contributed by atoms with Gasteiger partial charge in [-0.1, -0.05) is 6.07 Å². The van der Waals surface area contributed by atoms with Gasteiger partial charge in [0.05, 0.1) is 30.0 Å². The molecule has 0 saturated carbocycles. The number of para-hydroxylation sites is 1. The van der Waals surface area contributed by atoms with Gasteiger partial charge < -0.3 is 25.2 Å². The Bertz CT molecular complexity index is 618. The second-order valence-corrected chi connectivity index (χ2v) is 5.62. The van der Waals surface area contributed by atoms with E-state index in [9.17, 15) is 19.8 Å². The lowest BCUT2D eigenvalue weighted by Gasteiger charge is -2.28. The second-order valence-electron chi connectivity index (χ2n) is 5.62. The predicted molar refractivity (Wildman–Crippen MR) is 77.7 cm³/mol. The van der Waals surface area contributed by atoms with Gasteiger partial charge in [0.15, 0.2) is 11.9 Å². The van der Waals surface area contributed by atoms with Gasteiger partial charge in [-0.3, -0.25) is 9.59 Å². The number of rotatable bonds is 2. The highest BCUT2D eigenvalue weighted by Gasteiger charge is 2.36. The van der Waals surface area contributed by atoms with Crippen molar-refractivity contribution in [3.63, 3.8) is 0 Å². The summed E-state index contributed by atoms with van der Waals surface area (Å²) in [5, 5.41) is 21.8. The SMILES string of the molecule is CC1Oc2c(cccc2C(=O)N2C[C@H](O)C[C@H]2CO)NC1=O. The first-order chi connectivity index (χ1) is 10.5. The molecule has 0 aromatic heterocycles. The lowest BCUT2D eigenvalue weighted by molar-refractivity contribution is -0.122. The molecule has 22 heavy (non-hydrogen) atoms. The highest BCUT2D eigenvalue weighted by molar-refractivity contribution is 6.04. The highest BCUT2D eigenvalue weighted by Crippen LogP contribution is 2.35. The molecule has 1 saturated heterocycles. The van der Waals surface area contributed by atoms with Crippen molar-refractivity contribution < 1.29 is 24.5 Å². The number of benzene rings is 1. The van der Waals surface area contributed by atoms with Crippen LogP contribution in [0, 0.1) is 0 Å². The van der Waals surface area contributed by atoms with Crippen LogP contribution in [0.2, 0.25) is 0 Å². The maximum atomic E-state index is 12.7. The lowest BCUT2D eigenvalue weighted by Crippen LogP contribution is -2.40. The van der Waals surface area contributed by atoms with Crippen molar-refractivity contribution in [3.8, 4) is 5.75 Å². The van der Waals surface area contributed by atoms with Crippen LogP contribution >= 0.6 is 0 Å². The molecular weight excluding hydrogens is 288 g/mol. The highest BCUT2D eigenvalue weighted by atomic mass is 16.5. The van der Waals surface area contributed by atoms with Crippen molar-refractivity contribution in [3.05, 3.63) is 23.8 Å². The first kappa shape index (κ1) is 14.8. The minimum atomic E-state index is -0.681. The summed E-state index contributed by atoms with van der Waals surface area (Å²) in [7, 11) is 0. The fourth-order valence-electron chi connectivity index (χ4n) is 2.86. The molecule has 1 fully saturated rings. The quantitative estimate of drug-likeness (QED) is 0.713. The number of nitrogens with zero attached hydrogens (tertiary/aromatic N) is 1. The average molecular weight is 306 g/mol. The van der Waals surface area contributed by atoms with Gasteiger partial charge >= 0.3 is 0 Å². The van der Waals surface area contributed by atoms with Gasteiger partial charge in [-0.25, -0.2) is 0 Å². The third-order valence-electron chi connectivity index (χ3n) is 4.03. The summed E-state index contributed by atoms with van der Waals surface area (Å²) in [6, 6.07) is 4.53. The Kier molecular flexibility index (Phi) is 3.76. The molecule has 1 aromatic carbocycles. The fourth-order valence-corrected chi connectivity index (χ4v) is 2.86. The average Bonchev–Trinajstić information content (AvgIpc) is 2.88. The van der Waals surface area contributed by atoms with Crippen molar-refractivity contribution >= 4 is 17.5 Å². The van der Waals surface area contributed by atoms with E-state index in [0.717, 1.165) is 0 Å². The number of carbonyl (C=O) groups excluding carboxylic acids is 2. The number of fused-ring (bicyclic) bond motifs is 1. The van der Waals surface area contributed by atoms with E-state index in [-0.39, 0.29) is 25.0 Å². The number of likely N-dealkylation sites (tertiary alicyclic amines) is 1. The number of hydrogen-bond donors (Lipinski definition) is 3. The number of anilines is 1. The number of amides is 2. The van der Waals surface area contributed by atoms with Crippen molar-refractivity contribution in [1.29, 1.82) is 0 Å². The molecule has 2 aliphatic heterocycles. The van der Waals surface area contributed by atoms with Crippen molar-refractivity contribution in [2.75, 3.05) is 18.5 Å². The first-order valence-corrected chi connectivity index (χ1v) is 7.21. The van der Waals surface area contributed by atoms with Gasteiger partial charge in [-0.15, -0.1) is 0 Å². The molecule has 118 valence electrons. The van der Waals surface area contributed by atoms with Crippen LogP contribution in [0.3, 0.4) is 0 Å². The zero-order chi connectivity index (χ0) is 15.9. The van der Waals surface area contributed by atoms with E-state index in [0.29, 0.717) is 23.4 Å². The molecular formula is C15H18N2O5. The molecule has 0 aliphatic carbocycles. The summed E-state index contributed by atoms with van der Waals surface area (Å²) in [5.74, 6) is -0.254. The topological polar surface area (TPSA) is 99.1 Å². The Labute approximate surface area is 127 Å². The van der Waals surface area contributed by atoms with E-state index in [1.807, 2.05) is 0 Å². The minimum absolute atomic E-state index is 0.176. The number of β-amino-alcohol motifs (C(OH)–C–C–N with tert-alkyl or cyclic N) is 1. The number of nitrogens with one attached hydrogen (secondary N) is 1. The number of carbonyl (C=O) groups is 2. The van der Waals surface area contributed by atoms with Crippen molar-refractivity contribution in [2.24, 2.45) is 0 Å². The fraction of sp³-hybridized carbons (Fsp3) is 0.467. The lowest BCUT2D eigenvalue weighted by atomic mass is 10.1. The molecule has 3 atom stereocenters. The smallest absolute Gasteiger partial charge is 0.265 e. The second kappa shape index (κ2) is 5.58. The molecule has 7 heteroatoms. The summed E-state index contributed by atoms with van der Waals surface area (Å²) in [6.07, 6.45) is -0.968. The summed E-state index contributed by atoms with van der Waals surface area (Å²) < 4.78 is 5.57. The molecule has 2 amide bonds. The summed E-state index contributed by atoms with van der Waals surface area (Å²) in [4.78, 5) is 25.8. The minimum Gasteiger partial charge on any atom is -0.478 e. The maximum Gasteiger partial charge on any atom is 0.265 e. The molecule has 0 spiro atoms. The monoisotopic (exact) mass is 306 g/mol.